The lowest BCUT2D eigenvalue weighted by atomic mass is 10.2. The average molecular weight is 172 g/mol. The van der Waals surface area contributed by atoms with Gasteiger partial charge in [0.1, 0.15) is 5.82 Å². The quantitative estimate of drug-likeness (QED) is 0.649. The Hall–Kier alpha value is -1.84. The lowest BCUT2D eigenvalue weighted by Gasteiger charge is -1.98. The molecule has 0 aliphatic heterocycles. The smallest absolute Gasteiger partial charge is 0.148 e. The van der Waals surface area contributed by atoms with Crippen molar-refractivity contribution < 1.29 is 0 Å². The summed E-state index contributed by atoms with van der Waals surface area (Å²) in [5, 5.41) is 7.62. The van der Waals surface area contributed by atoms with Crippen LogP contribution in [0.3, 0.4) is 0 Å². The molecule has 4 nitrogen and oxygen atoms in total. The van der Waals surface area contributed by atoms with Gasteiger partial charge in [0.15, 0.2) is 0 Å². The molecule has 0 aromatic carbocycles. The summed E-state index contributed by atoms with van der Waals surface area (Å²) in [5.74, 6) is 0.675. The summed E-state index contributed by atoms with van der Waals surface area (Å²) >= 11 is 0. The normalized spacial score (nSPS) is 9.92. The van der Waals surface area contributed by atoms with Gasteiger partial charge in [0, 0.05) is 18.0 Å². The van der Waals surface area contributed by atoms with Gasteiger partial charge in [-0.1, -0.05) is 0 Å². The third kappa shape index (κ3) is 1.66. The fraction of sp³-hybridized carbons (Fsp3) is 0.111. The topological polar surface area (TPSA) is 51.6 Å². The van der Waals surface area contributed by atoms with E-state index in [1.165, 1.54) is 0 Å². The molecule has 0 N–H and O–H groups in total. The highest BCUT2D eigenvalue weighted by Crippen LogP contribution is 2.12. The molecule has 64 valence electrons. The molecule has 0 amide bonds. The minimum atomic E-state index is 0.675. The van der Waals surface area contributed by atoms with Crippen LogP contribution in [0.1, 0.15) is 5.82 Å². The average Bonchev–Trinajstić information content (AvgIpc) is 2.19. The Labute approximate surface area is 75.7 Å². The molecule has 0 aliphatic carbocycles. The van der Waals surface area contributed by atoms with Crippen LogP contribution in [-0.4, -0.2) is 20.2 Å². The Kier molecular flexibility index (Phi) is 1.96. The lowest BCUT2D eigenvalue weighted by Crippen LogP contribution is -1.93. The van der Waals surface area contributed by atoms with Gasteiger partial charge >= 0.3 is 0 Å². The number of rotatable bonds is 1. The van der Waals surface area contributed by atoms with Crippen LogP contribution in [0.4, 0.5) is 0 Å². The maximum atomic E-state index is 4.24. The molecule has 4 heteroatoms. The van der Waals surface area contributed by atoms with E-state index in [2.05, 4.69) is 20.2 Å². The first kappa shape index (κ1) is 7.79. The zero-order valence-corrected chi connectivity index (χ0v) is 7.18. The van der Waals surface area contributed by atoms with Crippen molar-refractivity contribution in [1.29, 1.82) is 0 Å². The monoisotopic (exact) mass is 172 g/mol. The minimum absolute atomic E-state index is 0.675. The maximum absolute atomic E-state index is 4.24. The molecule has 0 unspecified atom stereocenters. The Morgan fingerprint density at radius 2 is 1.92 bits per heavy atom. The van der Waals surface area contributed by atoms with Crippen LogP contribution < -0.4 is 0 Å². The molecule has 0 aliphatic rings. The SMILES string of the molecule is Cc1nncc(-c2ccncc2)n1. The second-order valence-electron chi connectivity index (χ2n) is 2.62. The fourth-order valence-corrected chi connectivity index (χ4v) is 1.05. The number of aryl methyl sites for hydroxylation is 1. The molecule has 0 saturated heterocycles. The van der Waals surface area contributed by atoms with Crippen LogP contribution in [0, 0.1) is 6.92 Å². The molecule has 2 rings (SSSR count). The fourth-order valence-electron chi connectivity index (χ4n) is 1.05. The van der Waals surface area contributed by atoms with Gasteiger partial charge in [-0.3, -0.25) is 4.98 Å². The van der Waals surface area contributed by atoms with Crippen LogP contribution in [0.2, 0.25) is 0 Å². The Bertz CT molecular complexity index is 399. The zero-order valence-electron chi connectivity index (χ0n) is 7.18. The summed E-state index contributed by atoms with van der Waals surface area (Å²) in [6.45, 7) is 1.82. The molecule has 0 bridgehead atoms. The van der Waals surface area contributed by atoms with E-state index < -0.39 is 0 Å². The van der Waals surface area contributed by atoms with Crippen molar-refractivity contribution >= 4 is 0 Å². The third-order valence-corrected chi connectivity index (χ3v) is 1.64. The predicted molar refractivity (Wildman–Crippen MR) is 47.8 cm³/mol. The summed E-state index contributed by atoms with van der Waals surface area (Å²) in [4.78, 5) is 8.17. The Morgan fingerprint density at radius 3 is 2.62 bits per heavy atom. The van der Waals surface area contributed by atoms with Crippen LogP contribution in [0.15, 0.2) is 30.7 Å². The first-order valence-corrected chi connectivity index (χ1v) is 3.93. The Balaban J connectivity index is 2.48. The number of aromatic nitrogens is 4. The third-order valence-electron chi connectivity index (χ3n) is 1.64. The molecule has 0 saturated carbocycles. The second kappa shape index (κ2) is 3.26. The molecule has 2 aromatic rings. The second-order valence-corrected chi connectivity index (χ2v) is 2.62. The molecule has 0 radical (unpaired) electrons. The van der Waals surface area contributed by atoms with Crippen molar-refractivity contribution in [3.8, 4) is 11.3 Å². The molecule has 13 heavy (non-hydrogen) atoms. The van der Waals surface area contributed by atoms with E-state index in [4.69, 9.17) is 0 Å². The minimum Gasteiger partial charge on any atom is -0.265 e. The predicted octanol–water partition coefficient (Wildman–Crippen LogP) is 1.24. The summed E-state index contributed by atoms with van der Waals surface area (Å²) in [6.07, 6.45) is 5.10. The molecule has 0 atom stereocenters. The van der Waals surface area contributed by atoms with Crippen molar-refractivity contribution in [3.63, 3.8) is 0 Å². The summed E-state index contributed by atoms with van der Waals surface area (Å²) in [7, 11) is 0. The highest BCUT2D eigenvalue weighted by Gasteiger charge is 1.98. The molecular weight excluding hydrogens is 164 g/mol. The summed E-state index contributed by atoms with van der Waals surface area (Å²) in [5.41, 5.74) is 1.84. The molecule has 0 spiro atoms. The van der Waals surface area contributed by atoms with E-state index in [9.17, 15) is 0 Å². The van der Waals surface area contributed by atoms with E-state index in [1.807, 2.05) is 19.1 Å². The maximum Gasteiger partial charge on any atom is 0.148 e. The van der Waals surface area contributed by atoms with Gasteiger partial charge in [-0.05, 0) is 19.1 Å². The number of pyridine rings is 1. The molecule has 2 heterocycles. The highest BCUT2D eigenvalue weighted by atomic mass is 15.1. The molecular formula is C9H8N4. The van der Waals surface area contributed by atoms with E-state index >= 15 is 0 Å². The van der Waals surface area contributed by atoms with Crippen molar-refractivity contribution in [2.75, 3.05) is 0 Å². The molecule has 2 aromatic heterocycles. The number of hydrogen-bond acceptors (Lipinski definition) is 4. The largest absolute Gasteiger partial charge is 0.265 e. The van der Waals surface area contributed by atoms with Crippen molar-refractivity contribution in [3.05, 3.63) is 36.5 Å². The van der Waals surface area contributed by atoms with E-state index in [0.717, 1.165) is 11.3 Å². The standard InChI is InChI=1S/C9H8N4/c1-7-12-9(6-11-13-7)8-2-4-10-5-3-8/h2-6H,1H3. The Morgan fingerprint density at radius 1 is 1.15 bits per heavy atom. The highest BCUT2D eigenvalue weighted by molar-refractivity contribution is 5.56. The first-order chi connectivity index (χ1) is 6.36. The lowest BCUT2D eigenvalue weighted by molar-refractivity contribution is 0.912. The van der Waals surface area contributed by atoms with Crippen LogP contribution >= 0.6 is 0 Å². The van der Waals surface area contributed by atoms with E-state index in [-0.39, 0.29) is 0 Å². The van der Waals surface area contributed by atoms with Gasteiger partial charge in [-0.15, -0.1) is 5.10 Å². The summed E-state index contributed by atoms with van der Waals surface area (Å²) in [6, 6.07) is 3.78. The number of nitrogens with zero attached hydrogens (tertiary/aromatic N) is 4. The summed E-state index contributed by atoms with van der Waals surface area (Å²) < 4.78 is 0. The van der Waals surface area contributed by atoms with Crippen LogP contribution in [0.25, 0.3) is 11.3 Å². The first-order valence-electron chi connectivity index (χ1n) is 3.93. The van der Waals surface area contributed by atoms with Gasteiger partial charge in [-0.2, -0.15) is 5.10 Å². The van der Waals surface area contributed by atoms with Gasteiger partial charge in [-0.25, -0.2) is 4.98 Å². The van der Waals surface area contributed by atoms with Gasteiger partial charge < -0.3 is 0 Å². The van der Waals surface area contributed by atoms with Gasteiger partial charge in [0.2, 0.25) is 0 Å². The van der Waals surface area contributed by atoms with E-state index in [0.29, 0.717) is 5.82 Å². The van der Waals surface area contributed by atoms with Gasteiger partial charge in [0.05, 0.1) is 11.9 Å². The van der Waals surface area contributed by atoms with Gasteiger partial charge in [0.25, 0.3) is 0 Å². The molecule has 0 fully saturated rings. The van der Waals surface area contributed by atoms with Crippen LogP contribution in [-0.2, 0) is 0 Å². The van der Waals surface area contributed by atoms with E-state index in [1.54, 1.807) is 18.6 Å². The van der Waals surface area contributed by atoms with Crippen molar-refractivity contribution in [2.45, 2.75) is 6.92 Å². The van der Waals surface area contributed by atoms with Crippen molar-refractivity contribution in [2.24, 2.45) is 0 Å². The zero-order chi connectivity index (χ0) is 9.10. The number of hydrogen-bond donors (Lipinski definition) is 0. The van der Waals surface area contributed by atoms with Crippen LogP contribution in [0.5, 0.6) is 0 Å². The van der Waals surface area contributed by atoms with Crippen molar-refractivity contribution in [1.82, 2.24) is 20.2 Å².